The van der Waals surface area contributed by atoms with E-state index in [-0.39, 0.29) is 6.03 Å². The summed E-state index contributed by atoms with van der Waals surface area (Å²) in [7, 11) is 2.81. The number of carbonyl (C=O) groups is 2. The molecule has 0 saturated heterocycles. The van der Waals surface area contributed by atoms with E-state index < -0.39 is 12.2 Å². The van der Waals surface area contributed by atoms with E-state index >= 15 is 0 Å². The Hall–Kier alpha value is -1.56. The minimum Gasteiger partial charge on any atom is -0.466 e. The summed E-state index contributed by atoms with van der Waals surface area (Å²) in [6, 6.07) is -0.355. The fourth-order valence-corrected chi connectivity index (χ4v) is 1.79. The van der Waals surface area contributed by atoms with E-state index in [9.17, 15) is 9.59 Å². The largest absolute Gasteiger partial charge is 0.466 e. The van der Waals surface area contributed by atoms with Crippen molar-refractivity contribution in [2.75, 3.05) is 14.2 Å². The van der Waals surface area contributed by atoms with E-state index in [1.165, 1.54) is 14.2 Å². The lowest BCUT2D eigenvalue weighted by atomic mass is 10.1. The Bertz CT molecular complexity index is 352. The topological polar surface area (TPSA) is 76.7 Å². The number of nitrogens with one attached hydrogen (secondary N) is 2. The van der Waals surface area contributed by atoms with E-state index in [4.69, 9.17) is 9.47 Å². The number of ether oxygens (including phenoxy) is 2. The monoisotopic (exact) mass is 256 g/mol. The summed E-state index contributed by atoms with van der Waals surface area (Å²) in [5.41, 5.74) is 1.09. The van der Waals surface area contributed by atoms with Crippen LogP contribution in [0.4, 0.5) is 4.79 Å². The molecule has 2 N–H and O–H groups in total. The van der Waals surface area contributed by atoms with Gasteiger partial charge in [0.1, 0.15) is 6.23 Å². The zero-order valence-corrected chi connectivity index (χ0v) is 11.0. The Kier molecular flexibility index (Phi) is 5.64. The molecule has 0 aromatic heterocycles. The highest BCUT2D eigenvalue weighted by atomic mass is 16.5. The molecule has 0 bridgehead atoms. The molecule has 0 fully saturated rings. The first kappa shape index (κ1) is 14.5. The molecule has 0 saturated carbocycles. The average Bonchev–Trinajstić information content (AvgIpc) is 2.54. The number of allylic oxidation sites excluding steroid dienone is 1. The van der Waals surface area contributed by atoms with Gasteiger partial charge in [0.25, 0.3) is 0 Å². The van der Waals surface area contributed by atoms with Crippen LogP contribution in [0.25, 0.3) is 0 Å². The Morgan fingerprint density at radius 3 is 2.72 bits per heavy atom. The van der Waals surface area contributed by atoms with Crippen molar-refractivity contribution in [1.29, 1.82) is 0 Å². The van der Waals surface area contributed by atoms with Crippen LogP contribution in [0.15, 0.2) is 11.3 Å². The predicted molar refractivity (Wildman–Crippen MR) is 65.6 cm³/mol. The lowest BCUT2D eigenvalue weighted by Gasteiger charge is -2.14. The van der Waals surface area contributed by atoms with Crippen LogP contribution in [-0.4, -0.2) is 32.4 Å². The molecule has 0 radical (unpaired) electrons. The Labute approximate surface area is 107 Å². The van der Waals surface area contributed by atoms with Gasteiger partial charge in [0.05, 0.1) is 12.7 Å². The Morgan fingerprint density at radius 2 is 2.17 bits per heavy atom. The van der Waals surface area contributed by atoms with Crippen molar-refractivity contribution in [1.82, 2.24) is 10.6 Å². The summed E-state index contributed by atoms with van der Waals surface area (Å²) in [6.07, 6.45) is 2.31. The van der Waals surface area contributed by atoms with Crippen LogP contribution in [-0.2, 0) is 14.3 Å². The number of esters is 1. The summed E-state index contributed by atoms with van der Waals surface area (Å²) >= 11 is 0. The van der Waals surface area contributed by atoms with Crippen molar-refractivity contribution in [2.45, 2.75) is 38.8 Å². The number of urea groups is 1. The summed E-state index contributed by atoms with van der Waals surface area (Å²) in [5, 5.41) is 5.31. The Balaban J connectivity index is 2.98. The number of hydrogen-bond acceptors (Lipinski definition) is 4. The molecule has 1 aliphatic heterocycles. The van der Waals surface area contributed by atoms with Crippen molar-refractivity contribution >= 4 is 12.0 Å². The quantitative estimate of drug-likeness (QED) is 0.726. The van der Waals surface area contributed by atoms with Gasteiger partial charge in [0, 0.05) is 19.2 Å². The van der Waals surface area contributed by atoms with Crippen molar-refractivity contribution < 1.29 is 19.1 Å². The first-order valence-electron chi connectivity index (χ1n) is 6.03. The first-order valence-corrected chi connectivity index (χ1v) is 6.03. The van der Waals surface area contributed by atoms with E-state index in [1.54, 1.807) is 0 Å². The van der Waals surface area contributed by atoms with Crippen molar-refractivity contribution in [3.05, 3.63) is 11.3 Å². The van der Waals surface area contributed by atoms with Crippen LogP contribution in [0.1, 0.15) is 32.6 Å². The number of amides is 2. The number of methoxy groups -OCH3 is 2. The molecule has 0 aliphatic carbocycles. The normalized spacial score (nSPS) is 19.9. The zero-order valence-electron chi connectivity index (χ0n) is 11.0. The lowest BCUT2D eigenvalue weighted by molar-refractivity contribution is -0.136. The SMILES string of the molecule is CCCCC1=C(C(=O)OC)C[C@H](OC)NC(=O)N1. The Morgan fingerprint density at radius 1 is 1.44 bits per heavy atom. The van der Waals surface area contributed by atoms with Gasteiger partial charge in [-0.2, -0.15) is 0 Å². The highest BCUT2D eigenvalue weighted by molar-refractivity contribution is 5.91. The third kappa shape index (κ3) is 3.73. The standard InChI is InChI=1S/C12H20N2O4/c1-4-5-6-9-8(11(15)18-3)7-10(17-2)14-12(16)13-9/h10H,4-7H2,1-3H3,(H2,13,14,16)/t10-/m0/s1. The molecule has 0 aromatic carbocycles. The molecule has 1 heterocycles. The summed E-state index contributed by atoms with van der Waals surface area (Å²) in [5.74, 6) is -0.424. The molecule has 0 aromatic rings. The molecule has 2 amide bonds. The number of hydrogen-bond donors (Lipinski definition) is 2. The molecule has 102 valence electrons. The van der Waals surface area contributed by atoms with E-state index in [0.29, 0.717) is 24.1 Å². The van der Waals surface area contributed by atoms with Crippen LogP contribution in [0.3, 0.4) is 0 Å². The maximum Gasteiger partial charge on any atom is 0.335 e. The van der Waals surface area contributed by atoms with E-state index in [1.807, 2.05) is 6.92 Å². The average molecular weight is 256 g/mol. The van der Waals surface area contributed by atoms with Gasteiger partial charge in [-0.15, -0.1) is 0 Å². The second kappa shape index (κ2) is 7.00. The molecule has 0 unspecified atom stereocenters. The number of carbonyl (C=O) groups excluding carboxylic acids is 2. The maximum atomic E-state index is 11.7. The maximum absolute atomic E-state index is 11.7. The number of unbranched alkanes of at least 4 members (excludes halogenated alkanes) is 1. The molecular formula is C12H20N2O4. The van der Waals surface area contributed by atoms with E-state index in [2.05, 4.69) is 10.6 Å². The predicted octanol–water partition coefficient (Wildman–Crippen LogP) is 1.28. The molecule has 6 heteroatoms. The molecule has 6 nitrogen and oxygen atoms in total. The molecule has 1 rings (SSSR count). The van der Waals surface area contributed by atoms with E-state index in [0.717, 1.165) is 12.8 Å². The lowest BCUT2D eigenvalue weighted by Crippen LogP contribution is -2.40. The minimum absolute atomic E-state index is 0.307. The fourth-order valence-electron chi connectivity index (χ4n) is 1.79. The van der Waals surface area contributed by atoms with Gasteiger partial charge in [-0.25, -0.2) is 9.59 Å². The smallest absolute Gasteiger partial charge is 0.335 e. The van der Waals surface area contributed by atoms with Gasteiger partial charge in [0.15, 0.2) is 0 Å². The minimum atomic E-state index is -0.516. The zero-order chi connectivity index (χ0) is 13.5. The van der Waals surface area contributed by atoms with Gasteiger partial charge in [-0.3, -0.25) is 0 Å². The second-order valence-corrected chi connectivity index (χ2v) is 4.08. The molecule has 1 atom stereocenters. The summed E-state index contributed by atoms with van der Waals surface area (Å²) in [6.45, 7) is 2.05. The third-order valence-electron chi connectivity index (χ3n) is 2.81. The molecule has 0 spiro atoms. The van der Waals surface area contributed by atoms with Crippen molar-refractivity contribution in [2.24, 2.45) is 0 Å². The first-order chi connectivity index (χ1) is 8.62. The van der Waals surface area contributed by atoms with Crippen molar-refractivity contribution in [3.63, 3.8) is 0 Å². The third-order valence-corrected chi connectivity index (χ3v) is 2.81. The van der Waals surface area contributed by atoms with Crippen LogP contribution < -0.4 is 10.6 Å². The highest BCUT2D eigenvalue weighted by Gasteiger charge is 2.26. The van der Waals surface area contributed by atoms with Crippen LogP contribution in [0.2, 0.25) is 0 Å². The van der Waals surface area contributed by atoms with Gasteiger partial charge >= 0.3 is 12.0 Å². The molecule has 1 aliphatic rings. The molecule has 18 heavy (non-hydrogen) atoms. The van der Waals surface area contributed by atoms with Crippen molar-refractivity contribution in [3.8, 4) is 0 Å². The van der Waals surface area contributed by atoms with Gasteiger partial charge < -0.3 is 20.1 Å². The van der Waals surface area contributed by atoms with Gasteiger partial charge in [-0.1, -0.05) is 13.3 Å². The summed E-state index contributed by atoms with van der Waals surface area (Å²) in [4.78, 5) is 23.3. The van der Waals surface area contributed by atoms with Crippen LogP contribution in [0.5, 0.6) is 0 Å². The fraction of sp³-hybridized carbons (Fsp3) is 0.667. The molecular weight excluding hydrogens is 236 g/mol. The highest BCUT2D eigenvalue weighted by Crippen LogP contribution is 2.19. The van der Waals surface area contributed by atoms with Gasteiger partial charge in [-0.05, 0) is 12.8 Å². The number of rotatable bonds is 5. The van der Waals surface area contributed by atoms with Crippen LogP contribution in [0, 0.1) is 0 Å². The van der Waals surface area contributed by atoms with Crippen LogP contribution >= 0.6 is 0 Å². The van der Waals surface area contributed by atoms with Gasteiger partial charge in [0.2, 0.25) is 0 Å². The second-order valence-electron chi connectivity index (χ2n) is 4.08. The summed E-state index contributed by atoms with van der Waals surface area (Å²) < 4.78 is 9.86.